The van der Waals surface area contributed by atoms with Crippen LogP contribution >= 0.6 is 0 Å². The summed E-state index contributed by atoms with van der Waals surface area (Å²) in [6, 6.07) is 8.63. The van der Waals surface area contributed by atoms with E-state index in [1.807, 2.05) is 0 Å². The van der Waals surface area contributed by atoms with Gasteiger partial charge in [-0.2, -0.15) is 13.2 Å². The molecule has 4 nitrogen and oxygen atoms in total. The predicted octanol–water partition coefficient (Wildman–Crippen LogP) is 4.34. The van der Waals surface area contributed by atoms with Crippen LogP contribution in [0.5, 0.6) is 0 Å². The van der Waals surface area contributed by atoms with Gasteiger partial charge in [0.15, 0.2) is 0 Å². The van der Waals surface area contributed by atoms with E-state index in [1.165, 1.54) is 12.1 Å². The largest absolute Gasteiger partial charge is 0.481 e. The lowest BCUT2D eigenvalue weighted by Gasteiger charge is -2.24. The van der Waals surface area contributed by atoms with Crippen molar-refractivity contribution in [2.45, 2.75) is 33.0 Å². The van der Waals surface area contributed by atoms with Gasteiger partial charge in [-0.05, 0) is 35.7 Å². The zero-order valence-corrected chi connectivity index (χ0v) is 15.3. The topological polar surface area (TPSA) is 57.6 Å². The number of halogens is 4. The Labute approximate surface area is 159 Å². The van der Waals surface area contributed by atoms with Crippen molar-refractivity contribution < 1.29 is 32.3 Å². The maximum atomic E-state index is 14.4. The number of aryl methyl sites for hydroxylation is 1. The van der Waals surface area contributed by atoms with Gasteiger partial charge in [-0.25, -0.2) is 4.39 Å². The molecule has 1 amide bonds. The van der Waals surface area contributed by atoms with Crippen LogP contribution in [-0.4, -0.2) is 34.6 Å². The Morgan fingerprint density at radius 1 is 1.07 bits per heavy atom. The first-order valence-electron chi connectivity index (χ1n) is 8.38. The van der Waals surface area contributed by atoms with E-state index in [1.54, 1.807) is 25.1 Å². The number of hydrogen-bond donors (Lipinski definition) is 1. The molecule has 0 fully saturated rings. The third-order valence-electron chi connectivity index (χ3n) is 4.11. The van der Waals surface area contributed by atoms with Crippen molar-refractivity contribution in [3.63, 3.8) is 0 Å². The summed E-state index contributed by atoms with van der Waals surface area (Å²) in [7, 11) is 0. The van der Waals surface area contributed by atoms with Crippen LogP contribution < -0.4 is 0 Å². The zero-order chi connectivity index (χ0) is 21.1. The summed E-state index contributed by atoms with van der Waals surface area (Å²) in [6.45, 7) is 0.993. The second kappa shape index (κ2) is 8.41. The van der Waals surface area contributed by atoms with Gasteiger partial charge < -0.3 is 10.0 Å². The molecule has 2 aromatic rings. The first kappa shape index (κ1) is 21.4. The van der Waals surface area contributed by atoms with E-state index in [9.17, 15) is 27.2 Å². The number of carbonyl (C=O) groups is 2. The summed E-state index contributed by atoms with van der Waals surface area (Å²) in [4.78, 5) is 23.2. The van der Waals surface area contributed by atoms with E-state index >= 15 is 0 Å². The molecule has 0 aliphatic rings. The number of alkyl halides is 3. The minimum atomic E-state index is -4.57. The van der Waals surface area contributed by atoms with Gasteiger partial charge in [0.2, 0.25) is 5.91 Å². The van der Waals surface area contributed by atoms with Crippen LogP contribution in [0.2, 0.25) is 0 Å². The van der Waals surface area contributed by atoms with Crippen LogP contribution in [0.25, 0.3) is 11.1 Å². The molecule has 0 saturated carbocycles. The number of nitrogens with zero attached hydrogens (tertiary/aromatic N) is 1. The highest BCUT2D eigenvalue weighted by Gasteiger charge is 2.32. The van der Waals surface area contributed by atoms with E-state index in [2.05, 4.69) is 0 Å². The average molecular weight is 397 g/mol. The fourth-order valence-corrected chi connectivity index (χ4v) is 2.88. The van der Waals surface area contributed by atoms with Gasteiger partial charge in [-0.15, -0.1) is 0 Å². The van der Waals surface area contributed by atoms with Crippen LogP contribution in [0.4, 0.5) is 17.6 Å². The van der Waals surface area contributed by atoms with Crippen LogP contribution in [0, 0.1) is 12.7 Å². The number of carboxylic acids is 1. The van der Waals surface area contributed by atoms with E-state index < -0.39 is 30.4 Å². The Bertz CT molecular complexity index is 894. The molecular formula is C20H19F4NO3. The number of hydrogen-bond acceptors (Lipinski definition) is 2. The molecule has 150 valence electrons. The van der Waals surface area contributed by atoms with Crippen molar-refractivity contribution in [2.75, 3.05) is 6.54 Å². The summed E-state index contributed by atoms with van der Waals surface area (Å²) in [5.74, 6) is -2.48. The third-order valence-corrected chi connectivity index (χ3v) is 4.11. The van der Waals surface area contributed by atoms with E-state index in [0.29, 0.717) is 21.6 Å². The molecule has 0 heterocycles. The standard InChI is InChI=1S/C20H19F4NO3/c1-12-3-5-16(17-8-14(9-19(27)28)4-6-18(17)21)15(7-12)10-25(13(2)26)11-20(22,23)24/h3-8H,9-11H2,1-2H3,(H,27,28). The molecule has 0 aromatic heterocycles. The average Bonchev–Trinajstić information content (AvgIpc) is 2.55. The molecule has 0 bridgehead atoms. The molecule has 2 rings (SSSR count). The Balaban J connectivity index is 2.50. The van der Waals surface area contributed by atoms with Gasteiger partial charge >= 0.3 is 12.1 Å². The van der Waals surface area contributed by atoms with Gasteiger partial charge in [0, 0.05) is 19.0 Å². The molecule has 0 spiro atoms. The maximum Gasteiger partial charge on any atom is 0.406 e. The molecule has 0 aliphatic carbocycles. The molecule has 28 heavy (non-hydrogen) atoms. The second-order valence-corrected chi connectivity index (χ2v) is 6.54. The molecule has 0 saturated heterocycles. The van der Waals surface area contributed by atoms with Crippen molar-refractivity contribution in [1.29, 1.82) is 0 Å². The van der Waals surface area contributed by atoms with Crippen molar-refractivity contribution >= 4 is 11.9 Å². The van der Waals surface area contributed by atoms with Crippen LogP contribution in [0.15, 0.2) is 36.4 Å². The summed E-state index contributed by atoms with van der Waals surface area (Å²) in [5, 5.41) is 8.93. The SMILES string of the molecule is CC(=O)N(Cc1cc(C)ccc1-c1cc(CC(=O)O)ccc1F)CC(F)(F)F. The maximum absolute atomic E-state index is 14.4. The summed E-state index contributed by atoms with van der Waals surface area (Å²) >= 11 is 0. The van der Waals surface area contributed by atoms with Crippen molar-refractivity contribution in [1.82, 2.24) is 4.90 Å². The Kier molecular flexibility index (Phi) is 6.43. The molecule has 0 atom stereocenters. The van der Waals surface area contributed by atoms with Gasteiger partial charge in [0.05, 0.1) is 6.42 Å². The number of benzene rings is 2. The molecule has 0 radical (unpaired) electrons. The molecular weight excluding hydrogens is 378 g/mol. The number of aliphatic carboxylic acids is 1. The smallest absolute Gasteiger partial charge is 0.406 e. The summed E-state index contributed by atoms with van der Waals surface area (Å²) in [5.41, 5.74) is 1.81. The minimum Gasteiger partial charge on any atom is -0.481 e. The lowest BCUT2D eigenvalue weighted by atomic mass is 9.95. The third kappa shape index (κ3) is 5.80. The fourth-order valence-electron chi connectivity index (χ4n) is 2.88. The highest BCUT2D eigenvalue weighted by Crippen LogP contribution is 2.30. The second-order valence-electron chi connectivity index (χ2n) is 6.54. The van der Waals surface area contributed by atoms with E-state index in [-0.39, 0.29) is 18.5 Å². The lowest BCUT2D eigenvalue weighted by Crippen LogP contribution is -2.37. The van der Waals surface area contributed by atoms with Gasteiger partial charge in [-0.3, -0.25) is 9.59 Å². The fraction of sp³-hybridized carbons (Fsp3) is 0.300. The van der Waals surface area contributed by atoms with E-state index in [0.717, 1.165) is 18.6 Å². The molecule has 1 N–H and O–H groups in total. The normalized spacial score (nSPS) is 11.4. The molecule has 2 aromatic carbocycles. The van der Waals surface area contributed by atoms with Crippen molar-refractivity contribution in [3.8, 4) is 11.1 Å². The van der Waals surface area contributed by atoms with Crippen LogP contribution in [0.3, 0.4) is 0 Å². The van der Waals surface area contributed by atoms with Crippen molar-refractivity contribution in [3.05, 3.63) is 58.9 Å². The monoisotopic (exact) mass is 397 g/mol. The molecule has 8 heteroatoms. The van der Waals surface area contributed by atoms with Crippen LogP contribution in [-0.2, 0) is 22.6 Å². The van der Waals surface area contributed by atoms with Crippen molar-refractivity contribution in [2.24, 2.45) is 0 Å². The van der Waals surface area contributed by atoms with Gasteiger partial charge in [-0.1, -0.05) is 29.8 Å². The highest BCUT2D eigenvalue weighted by atomic mass is 19.4. The predicted molar refractivity (Wildman–Crippen MR) is 95.1 cm³/mol. The van der Waals surface area contributed by atoms with E-state index in [4.69, 9.17) is 5.11 Å². The molecule has 0 aliphatic heterocycles. The number of amides is 1. The number of carbonyl (C=O) groups excluding carboxylic acids is 1. The van der Waals surface area contributed by atoms with Crippen LogP contribution in [0.1, 0.15) is 23.6 Å². The Hall–Kier alpha value is -2.90. The summed E-state index contributed by atoms with van der Waals surface area (Å²) in [6.07, 6.45) is -4.88. The highest BCUT2D eigenvalue weighted by molar-refractivity contribution is 5.75. The first-order valence-corrected chi connectivity index (χ1v) is 8.38. The Morgan fingerprint density at radius 2 is 1.75 bits per heavy atom. The zero-order valence-electron chi connectivity index (χ0n) is 15.3. The number of carboxylic acid groups (broad SMARTS) is 1. The van der Waals surface area contributed by atoms with Gasteiger partial charge in [0.25, 0.3) is 0 Å². The minimum absolute atomic E-state index is 0.0734. The van der Waals surface area contributed by atoms with Gasteiger partial charge in [0.1, 0.15) is 12.4 Å². The molecule has 0 unspecified atom stereocenters. The quantitative estimate of drug-likeness (QED) is 0.738. The first-order chi connectivity index (χ1) is 13.0. The number of rotatable bonds is 6. The summed E-state index contributed by atoms with van der Waals surface area (Å²) < 4.78 is 52.8. The lowest BCUT2D eigenvalue weighted by molar-refractivity contribution is -0.161. The Morgan fingerprint density at radius 3 is 2.32 bits per heavy atom.